The van der Waals surface area contributed by atoms with Crippen molar-refractivity contribution >= 4 is 34.7 Å². The van der Waals surface area contributed by atoms with Gasteiger partial charge in [0.15, 0.2) is 5.75 Å². The number of anilines is 1. The molecule has 21 heavy (non-hydrogen) atoms. The molecule has 0 aliphatic heterocycles. The molecule has 9 heteroatoms. The van der Waals surface area contributed by atoms with Crippen molar-refractivity contribution in [2.75, 3.05) is 5.43 Å². The van der Waals surface area contributed by atoms with Crippen LogP contribution >= 0.6 is 23.2 Å². The number of nitrogens with two attached hydrogens (primary N) is 1. The third-order valence-electron chi connectivity index (χ3n) is 2.53. The number of pyridine rings is 1. The van der Waals surface area contributed by atoms with E-state index in [0.717, 1.165) is 6.07 Å². The predicted octanol–water partition coefficient (Wildman–Crippen LogP) is 3.16. The first-order valence-corrected chi connectivity index (χ1v) is 6.45. The largest absolute Gasteiger partial charge is 0.480 e. The van der Waals surface area contributed by atoms with Crippen molar-refractivity contribution in [1.82, 2.24) is 4.98 Å². The maximum atomic E-state index is 11.0. The smallest absolute Gasteiger partial charge is 0.312 e. The van der Waals surface area contributed by atoms with Crippen LogP contribution in [-0.2, 0) is 6.61 Å². The summed E-state index contributed by atoms with van der Waals surface area (Å²) in [6, 6.07) is 7.54. The minimum atomic E-state index is -0.594. The van der Waals surface area contributed by atoms with Crippen LogP contribution in [0.15, 0.2) is 30.3 Å². The summed E-state index contributed by atoms with van der Waals surface area (Å²) in [6.07, 6.45) is 0. The molecule has 0 unspecified atom stereocenters. The summed E-state index contributed by atoms with van der Waals surface area (Å²) in [5.74, 6) is 5.73. The first-order chi connectivity index (χ1) is 10.0. The van der Waals surface area contributed by atoms with Gasteiger partial charge in [-0.25, -0.2) is 10.8 Å². The number of halogens is 2. The fraction of sp³-hybridized carbons (Fsp3) is 0.0833. The Kier molecular flexibility index (Phi) is 4.79. The number of nitrogen functional groups attached to an aromatic ring is 1. The van der Waals surface area contributed by atoms with Crippen LogP contribution in [0.3, 0.4) is 0 Å². The molecule has 2 rings (SSSR count). The molecule has 0 saturated carbocycles. The van der Waals surface area contributed by atoms with Gasteiger partial charge in [0, 0.05) is 12.1 Å². The van der Waals surface area contributed by atoms with Crippen LogP contribution in [0.1, 0.15) is 5.69 Å². The lowest BCUT2D eigenvalue weighted by Crippen LogP contribution is -2.10. The molecule has 110 valence electrons. The Balaban J connectivity index is 2.22. The van der Waals surface area contributed by atoms with Crippen molar-refractivity contribution in [2.45, 2.75) is 6.61 Å². The molecule has 0 amide bonds. The molecule has 0 bridgehead atoms. The monoisotopic (exact) mass is 328 g/mol. The standard InChI is InChI=1S/C12H10Cl2N4O3/c13-8-4-10(18(19)20)11(5-9(8)14)21-6-7-2-1-3-12(16-7)17-15/h1-5H,6,15H2,(H,16,17). The van der Waals surface area contributed by atoms with Crippen molar-refractivity contribution in [1.29, 1.82) is 0 Å². The van der Waals surface area contributed by atoms with E-state index in [-0.39, 0.29) is 28.1 Å². The molecule has 0 aliphatic rings. The maximum absolute atomic E-state index is 11.0. The molecule has 0 fully saturated rings. The van der Waals surface area contributed by atoms with Gasteiger partial charge in [-0.1, -0.05) is 29.3 Å². The second-order valence-corrected chi connectivity index (χ2v) is 4.75. The topological polar surface area (TPSA) is 103 Å². The maximum Gasteiger partial charge on any atom is 0.312 e. The Bertz CT molecular complexity index is 682. The molecule has 0 atom stereocenters. The number of hydrogen-bond acceptors (Lipinski definition) is 6. The normalized spacial score (nSPS) is 10.2. The van der Waals surface area contributed by atoms with Crippen LogP contribution in [0.5, 0.6) is 5.75 Å². The summed E-state index contributed by atoms with van der Waals surface area (Å²) in [5.41, 5.74) is 2.68. The number of rotatable bonds is 5. The van der Waals surface area contributed by atoms with E-state index in [1.807, 2.05) is 0 Å². The van der Waals surface area contributed by atoms with E-state index in [1.165, 1.54) is 6.07 Å². The Hall–Kier alpha value is -2.09. The Morgan fingerprint density at radius 3 is 2.71 bits per heavy atom. The zero-order valence-electron chi connectivity index (χ0n) is 10.5. The lowest BCUT2D eigenvalue weighted by molar-refractivity contribution is -0.385. The van der Waals surface area contributed by atoms with Crippen molar-refractivity contribution in [2.24, 2.45) is 5.84 Å². The van der Waals surface area contributed by atoms with Gasteiger partial charge < -0.3 is 10.2 Å². The summed E-state index contributed by atoms with van der Waals surface area (Å²) < 4.78 is 5.40. The summed E-state index contributed by atoms with van der Waals surface area (Å²) >= 11 is 11.6. The third kappa shape index (κ3) is 3.72. The number of ether oxygens (including phenoxy) is 1. The highest BCUT2D eigenvalue weighted by Gasteiger charge is 2.18. The zero-order valence-corrected chi connectivity index (χ0v) is 12.1. The van der Waals surface area contributed by atoms with Crippen LogP contribution in [0, 0.1) is 10.1 Å². The highest BCUT2D eigenvalue weighted by atomic mass is 35.5. The van der Waals surface area contributed by atoms with Gasteiger partial charge in [0.2, 0.25) is 0 Å². The number of nitro groups is 1. The van der Waals surface area contributed by atoms with E-state index in [0.29, 0.717) is 11.5 Å². The molecule has 1 aromatic heterocycles. The van der Waals surface area contributed by atoms with Crippen molar-refractivity contribution in [3.05, 3.63) is 56.2 Å². The molecule has 7 nitrogen and oxygen atoms in total. The third-order valence-corrected chi connectivity index (χ3v) is 3.25. The van der Waals surface area contributed by atoms with E-state index < -0.39 is 4.92 Å². The number of nitrogens with one attached hydrogen (secondary N) is 1. The summed E-state index contributed by atoms with van der Waals surface area (Å²) in [6.45, 7) is 0.0221. The summed E-state index contributed by atoms with van der Waals surface area (Å²) in [5, 5.41) is 11.2. The van der Waals surface area contributed by atoms with Gasteiger partial charge in [0.1, 0.15) is 12.4 Å². The molecule has 0 radical (unpaired) electrons. The number of nitro benzene ring substituents is 1. The SMILES string of the molecule is NNc1cccc(COc2cc(Cl)c(Cl)cc2[N+](=O)[O-])n1. The van der Waals surface area contributed by atoms with Crippen molar-refractivity contribution in [3.8, 4) is 5.75 Å². The fourth-order valence-electron chi connectivity index (χ4n) is 1.57. The van der Waals surface area contributed by atoms with Gasteiger partial charge in [-0.05, 0) is 12.1 Å². The molecule has 1 heterocycles. The number of benzene rings is 1. The number of hydrogen-bond donors (Lipinski definition) is 2. The molecule has 0 aliphatic carbocycles. The number of nitrogens with zero attached hydrogens (tertiary/aromatic N) is 2. The molecule has 1 aromatic carbocycles. The van der Waals surface area contributed by atoms with E-state index in [4.69, 9.17) is 33.8 Å². The van der Waals surface area contributed by atoms with E-state index in [1.54, 1.807) is 18.2 Å². The van der Waals surface area contributed by atoms with Crippen molar-refractivity contribution in [3.63, 3.8) is 0 Å². The average molecular weight is 329 g/mol. The van der Waals surface area contributed by atoms with Crippen LogP contribution in [-0.4, -0.2) is 9.91 Å². The molecule has 0 saturated heterocycles. The lowest BCUT2D eigenvalue weighted by atomic mass is 10.3. The van der Waals surface area contributed by atoms with Crippen LogP contribution in [0.2, 0.25) is 10.0 Å². The van der Waals surface area contributed by atoms with Gasteiger partial charge in [-0.2, -0.15) is 0 Å². The molecule has 3 N–H and O–H groups in total. The quantitative estimate of drug-likeness (QED) is 0.496. The Morgan fingerprint density at radius 2 is 2.05 bits per heavy atom. The van der Waals surface area contributed by atoms with Gasteiger partial charge in [0.25, 0.3) is 0 Å². The minimum absolute atomic E-state index is 0.0160. The second kappa shape index (κ2) is 6.57. The predicted molar refractivity (Wildman–Crippen MR) is 79.5 cm³/mol. The van der Waals surface area contributed by atoms with Gasteiger partial charge >= 0.3 is 5.69 Å². The average Bonchev–Trinajstić information content (AvgIpc) is 2.48. The minimum Gasteiger partial charge on any atom is -0.480 e. The second-order valence-electron chi connectivity index (χ2n) is 3.94. The van der Waals surface area contributed by atoms with Crippen LogP contribution in [0.4, 0.5) is 11.5 Å². The molecule has 2 aromatic rings. The highest BCUT2D eigenvalue weighted by molar-refractivity contribution is 6.42. The van der Waals surface area contributed by atoms with Gasteiger partial charge in [-0.3, -0.25) is 10.1 Å². The number of aromatic nitrogens is 1. The Morgan fingerprint density at radius 1 is 1.33 bits per heavy atom. The first-order valence-electron chi connectivity index (χ1n) is 5.70. The zero-order chi connectivity index (χ0) is 15.4. The van der Waals surface area contributed by atoms with Gasteiger partial charge in [0.05, 0.1) is 20.7 Å². The summed E-state index contributed by atoms with van der Waals surface area (Å²) in [4.78, 5) is 14.5. The van der Waals surface area contributed by atoms with Crippen LogP contribution < -0.4 is 16.0 Å². The summed E-state index contributed by atoms with van der Waals surface area (Å²) in [7, 11) is 0. The van der Waals surface area contributed by atoms with E-state index in [2.05, 4.69) is 10.4 Å². The van der Waals surface area contributed by atoms with E-state index in [9.17, 15) is 10.1 Å². The lowest BCUT2D eigenvalue weighted by Gasteiger charge is -2.08. The van der Waals surface area contributed by atoms with Crippen LogP contribution in [0.25, 0.3) is 0 Å². The fourth-order valence-corrected chi connectivity index (χ4v) is 1.88. The number of hydrazine groups is 1. The highest BCUT2D eigenvalue weighted by Crippen LogP contribution is 2.35. The van der Waals surface area contributed by atoms with E-state index >= 15 is 0 Å². The van der Waals surface area contributed by atoms with Gasteiger partial charge in [-0.15, -0.1) is 0 Å². The Labute approximate surface area is 129 Å². The van der Waals surface area contributed by atoms with Crippen molar-refractivity contribution < 1.29 is 9.66 Å². The first kappa shape index (κ1) is 15.3. The molecular formula is C12H10Cl2N4O3. The molecule has 0 spiro atoms. The molecular weight excluding hydrogens is 319 g/mol.